The Balaban J connectivity index is 1.98. The van der Waals surface area contributed by atoms with Crippen LogP contribution in [-0.2, 0) is 0 Å². The monoisotopic (exact) mass is 232 g/mol. The minimum atomic E-state index is -0.173. The van der Waals surface area contributed by atoms with Gasteiger partial charge in [-0.2, -0.15) is 0 Å². The second kappa shape index (κ2) is 4.49. The molecule has 0 aliphatic carbocycles. The molecular formula is C14H17FN2. The zero-order valence-corrected chi connectivity index (χ0v) is 9.80. The van der Waals surface area contributed by atoms with Gasteiger partial charge in [0.15, 0.2) is 0 Å². The number of benzene rings is 1. The quantitative estimate of drug-likeness (QED) is 0.776. The van der Waals surface area contributed by atoms with Crippen molar-refractivity contribution in [2.45, 2.75) is 25.2 Å². The maximum Gasteiger partial charge on any atom is 0.125 e. The lowest BCUT2D eigenvalue weighted by atomic mass is 9.92. The molecule has 2 nitrogen and oxygen atoms in total. The molecule has 1 aromatic carbocycles. The standard InChI is InChI=1S/C14H17FN2/c15-11-3-4-12-13(9-17-14(12)8-11)10-2-1-6-16-7-5-10/h3-4,8-10,16-17H,1-2,5-7H2. The fraction of sp³-hybridized carbons (Fsp3) is 0.429. The van der Waals surface area contributed by atoms with Crippen LogP contribution >= 0.6 is 0 Å². The van der Waals surface area contributed by atoms with Gasteiger partial charge in [0.25, 0.3) is 0 Å². The number of halogens is 1. The van der Waals surface area contributed by atoms with Gasteiger partial charge in [-0.25, -0.2) is 4.39 Å². The summed E-state index contributed by atoms with van der Waals surface area (Å²) in [5.41, 5.74) is 2.26. The van der Waals surface area contributed by atoms with Crippen LogP contribution in [0, 0.1) is 5.82 Å². The third-order valence-electron chi connectivity index (χ3n) is 3.69. The molecule has 1 saturated heterocycles. The molecule has 1 aromatic heterocycles. The first-order valence-corrected chi connectivity index (χ1v) is 6.32. The van der Waals surface area contributed by atoms with Crippen LogP contribution in [0.1, 0.15) is 30.7 Å². The topological polar surface area (TPSA) is 27.8 Å². The van der Waals surface area contributed by atoms with Crippen LogP contribution in [0.4, 0.5) is 4.39 Å². The number of hydrogen-bond donors (Lipinski definition) is 2. The van der Waals surface area contributed by atoms with Crippen molar-refractivity contribution in [1.82, 2.24) is 10.3 Å². The smallest absolute Gasteiger partial charge is 0.125 e. The van der Waals surface area contributed by atoms with Crippen LogP contribution in [0.2, 0.25) is 0 Å². The van der Waals surface area contributed by atoms with E-state index in [9.17, 15) is 4.39 Å². The van der Waals surface area contributed by atoms with E-state index < -0.39 is 0 Å². The van der Waals surface area contributed by atoms with Crippen molar-refractivity contribution >= 4 is 10.9 Å². The Labute approximate surface area is 100 Å². The fourth-order valence-electron chi connectivity index (χ4n) is 2.79. The summed E-state index contributed by atoms with van der Waals surface area (Å²) in [5.74, 6) is 0.428. The van der Waals surface area contributed by atoms with Crippen LogP contribution in [-0.4, -0.2) is 18.1 Å². The van der Waals surface area contributed by atoms with Crippen LogP contribution in [0.15, 0.2) is 24.4 Å². The molecule has 1 atom stereocenters. The summed E-state index contributed by atoms with van der Waals surface area (Å²) in [6.45, 7) is 2.20. The molecule has 90 valence electrons. The van der Waals surface area contributed by atoms with E-state index in [-0.39, 0.29) is 5.82 Å². The molecule has 2 aromatic rings. The molecule has 2 N–H and O–H groups in total. The van der Waals surface area contributed by atoms with Gasteiger partial charge in [-0.3, -0.25) is 0 Å². The van der Waals surface area contributed by atoms with Crippen LogP contribution in [0.25, 0.3) is 10.9 Å². The molecule has 17 heavy (non-hydrogen) atoms. The first-order valence-electron chi connectivity index (χ1n) is 6.32. The highest BCUT2D eigenvalue weighted by Crippen LogP contribution is 2.32. The molecule has 0 radical (unpaired) electrons. The van der Waals surface area contributed by atoms with Crippen molar-refractivity contribution in [1.29, 1.82) is 0 Å². The molecule has 3 heteroatoms. The maximum absolute atomic E-state index is 13.1. The molecule has 0 amide bonds. The minimum Gasteiger partial charge on any atom is -0.361 e. The van der Waals surface area contributed by atoms with Crippen LogP contribution in [0.3, 0.4) is 0 Å². The van der Waals surface area contributed by atoms with Crippen molar-refractivity contribution in [3.05, 3.63) is 35.8 Å². The lowest BCUT2D eigenvalue weighted by molar-refractivity contribution is 0.613. The summed E-state index contributed by atoms with van der Waals surface area (Å²) in [6, 6.07) is 5.03. The van der Waals surface area contributed by atoms with Crippen molar-refractivity contribution in [3.8, 4) is 0 Å². The van der Waals surface area contributed by atoms with Gasteiger partial charge in [0.1, 0.15) is 5.82 Å². The van der Waals surface area contributed by atoms with Crippen molar-refractivity contribution in [2.24, 2.45) is 0 Å². The van der Waals surface area contributed by atoms with Gasteiger partial charge >= 0.3 is 0 Å². The van der Waals surface area contributed by atoms with Gasteiger partial charge in [-0.05, 0) is 62.0 Å². The first kappa shape index (κ1) is 10.8. The summed E-state index contributed by atoms with van der Waals surface area (Å²) in [7, 11) is 0. The highest BCUT2D eigenvalue weighted by molar-refractivity contribution is 5.83. The second-order valence-corrected chi connectivity index (χ2v) is 4.81. The molecule has 1 unspecified atom stereocenters. The average molecular weight is 232 g/mol. The third kappa shape index (κ3) is 2.07. The van der Waals surface area contributed by atoms with E-state index in [0.717, 1.165) is 18.6 Å². The third-order valence-corrected chi connectivity index (χ3v) is 3.69. The van der Waals surface area contributed by atoms with Crippen molar-refractivity contribution in [3.63, 3.8) is 0 Å². The minimum absolute atomic E-state index is 0.173. The maximum atomic E-state index is 13.1. The van der Waals surface area contributed by atoms with E-state index in [4.69, 9.17) is 0 Å². The van der Waals surface area contributed by atoms with Gasteiger partial charge in [0, 0.05) is 17.1 Å². The number of H-pyrrole nitrogens is 1. The van der Waals surface area contributed by atoms with E-state index in [1.807, 2.05) is 6.07 Å². The Morgan fingerprint density at radius 3 is 3.06 bits per heavy atom. The van der Waals surface area contributed by atoms with Crippen molar-refractivity contribution < 1.29 is 4.39 Å². The van der Waals surface area contributed by atoms with Gasteiger partial charge in [0.2, 0.25) is 0 Å². The predicted octanol–water partition coefficient (Wildman–Crippen LogP) is 3.16. The molecule has 0 bridgehead atoms. The largest absolute Gasteiger partial charge is 0.361 e. The Kier molecular flexibility index (Phi) is 2.85. The number of aromatic amines is 1. The number of fused-ring (bicyclic) bond motifs is 1. The van der Waals surface area contributed by atoms with E-state index in [2.05, 4.69) is 16.5 Å². The van der Waals surface area contributed by atoms with Gasteiger partial charge in [-0.1, -0.05) is 0 Å². The molecule has 1 fully saturated rings. The summed E-state index contributed by atoms with van der Waals surface area (Å²) >= 11 is 0. The molecular weight excluding hydrogens is 215 g/mol. The summed E-state index contributed by atoms with van der Waals surface area (Å²) in [5, 5.41) is 4.61. The number of rotatable bonds is 1. The van der Waals surface area contributed by atoms with Gasteiger partial charge in [0.05, 0.1) is 0 Å². The number of nitrogens with one attached hydrogen (secondary N) is 2. The van der Waals surface area contributed by atoms with E-state index in [0.29, 0.717) is 5.92 Å². The normalized spacial score (nSPS) is 21.6. The Bertz CT molecular complexity index is 510. The van der Waals surface area contributed by atoms with E-state index >= 15 is 0 Å². The lowest BCUT2D eigenvalue weighted by Gasteiger charge is -2.12. The fourth-order valence-corrected chi connectivity index (χ4v) is 2.79. The van der Waals surface area contributed by atoms with Crippen LogP contribution in [0.5, 0.6) is 0 Å². The predicted molar refractivity (Wildman–Crippen MR) is 67.7 cm³/mol. The first-order chi connectivity index (χ1) is 8.34. The molecule has 0 saturated carbocycles. The zero-order valence-electron chi connectivity index (χ0n) is 9.80. The molecule has 3 rings (SSSR count). The molecule has 1 aliphatic rings. The molecule has 1 aliphatic heterocycles. The van der Waals surface area contributed by atoms with Crippen molar-refractivity contribution in [2.75, 3.05) is 13.1 Å². The Morgan fingerprint density at radius 1 is 1.18 bits per heavy atom. The molecule has 2 heterocycles. The number of aromatic nitrogens is 1. The van der Waals surface area contributed by atoms with Gasteiger partial charge < -0.3 is 10.3 Å². The summed E-state index contributed by atoms with van der Waals surface area (Å²) < 4.78 is 13.1. The lowest BCUT2D eigenvalue weighted by Crippen LogP contribution is -2.13. The highest BCUT2D eigenvalue weighted by atomic mass is 19.1. The summed E-state index contributed by atoms with van der Waals surface area (Å²) in [4.78, 5) is 3.19. The number of hydrogen-bond acceptors (Lipinski definition) is 1. The Hall–Kier alpha value is -1.35. The average Bonchev–Trinajstić information content (AvgIpc) is 2.57. The van der Waals surface area contributed by atoms with Gasteiger partial charge in [-0.15, -0.1) is 0 Å². The zero-order chi connectivity index (χ0) is 11.7. The van der Waals surface area contributed by atoms with Crippen LogP contribution < -0.4 is 5.32 Å². The summed E-state index contributed by atoms with van der Waals surface area (Å²) in [6.07, 6.45) is 5.67. The molecule has 0 spiro atoms. The highest BCUT2D eigenvalue weighted by Gasteiger charge is 2.17. The second-order valence-electron chi connectivity index (χ2n) is 4.81. The van der Waals surface area contributed by atoms with E-state index in [1.165, 1.54) is 30.2 Å². The Morgan fingerprint density at radius 2 is 2.12 bits per heavy atom. The van der Waals surface area contributed by atoms with E-state index in [1.54, 1.807) is 12.1 Å². The SMILES string of the molecule is Fc1ccc2c(C3CCCNCC3)c[nH]c2c1.